The first-order chi connectivity index (χ1) is 12.4. The highest BCUT2D eigenvalue weighted by Gasteiger charge is 2.17. The fourth-order valence-electron chi connectivity index (χ4n) is 2.29. The Morgan fingerprint density at radius 2 is 1.96 bits per heavy atom. The van der Waals surface area contributed by atoms with Crippen LogP contribution in [0, 0.1) is 0 Å². The van der Waals surface area contributed by atoms with Crippen molar-refractivity contribution in [2.45, 2.75) is 13.1 Å². The number of carbonyl (C=O) groups excluding carboxylic acids is 1. The van der Waals surface area contributed by atoms with Gasteiger partial charge in [-0.05, 0) is 23.8 Å². The average molecular weight is 439 g/mol. The molecule has 10 heteroatoms. The molecule has 0 unspecified atom stereocenters. The predicted octanol–water partition coefficient (Wildman–Crippen LogP) is 2.88. The van der Waals surface area contributed by atoms with Gasteiger partial charge in [0.1, 0.15) is 17.3 Å². The maximum absolute atomic E-state index is 12.4. The third-order valence-corrected chi connectivity index (χ3v) is 4.25. The van der Waals surface area contributed by atoms with Gasteiger partial charge in [0.05, 0.1) is 6.54 Å². The highest BCUT2D eigenvalue weighted by molar-refractivity contribution is 9.10. The van der Waals surface area contributed by atoms with Crippen molar-refractivity contribution in [1.82, 2.24) is 19.6 Å². The molecule has 0 aliphatic carbocycles. The molecule has 0 aliphatic heterocycles. The fraction of sp³-hybridized carbons (Fsp3) is 0.125. The Labute approximate surface area is 161 Å². The van der Waals surface area contributed by atoms with E-state index >= 15 is 0 Å². The number of carbonyl (C=O) groups is 2. The number of rotatable bonds is 6. The van der Waals surface area contributed by atoms with Crippen LogP contribution >= 0.6 is 27.5 Å². The zero-order chi connectivity index (χ0) is 18.7. The van der Waals surface area contributed by atoms with E-state index in [9.17, 15) is 9.59 Å². The summed E-state index contributed by atoms with van der Waals surface area (Å²) in [5, 5.41) is 19.8. The molecule has 2 N–H and O–H groups in total. The van der Waals surface area contributed by atoms with Gasteiger partial charge >= 0.3 is 5.97 Å². The van der Waals surface area contributed by atoms with E-state index in [-0.39, 0.29) is 16.5 Å². The monoisotopic (exact) mass is 437 g/mol. The summed E-state index contributed by atoms with van der Waals surface area (Å²) in [5.74, 6) is -1.45. The maximum Gasteiger partial charge on any atom is 0.325 e. The summed E-state index contributed by atoms with van der Waals surface area (Å²) < 4.78 is 3.67. The number of aliphatic carboxylic acids is 1. The Morgan fingerprint density at radius 1 is 1.23 bits per heavy atom. The van der Waals surface area contributed by atoms with Crippen LogP contribution in [0.1, 0.15) is 16.1 Å². The van der Waals surface area contributed by atoms with E-state index in [0.29, 0.717) is 6.54 Å². The van der Waals surface area contributed by atoms with Gasteiger partial charge in [-0.25, -0.2) is 4.68 Å². The van der Waals surface area contributed by atoms with Crippen LogP contribution in [0.4, 0.5) is 5.82 Å². The minimum absolute atomic E-state index is 0.103. The number of hydrogen-bond acceptors (Lipinski definition) is 4. The van der Waals surface area contributed by atoms with E-state index < -0.39 is 18.4 Å². The Bertz CT molecular complexity index is 951. The molecule has 1 amide bonds. The Morgan fingerprint density at radius 3 is 2.65 bits per heavy atom. The molecule has 0 radical (unpaired) electrons. The van der Waals surface area contributed by atoms with Crippen LogP contribution in [0.5, 0.6) is 0 Å². The normalized spacial score (nSPS) is 10.7. The number of nitrogens with zero attached hydrogens (tertiary/aromatic N) is 4. The average Bonchev–Trinajstić information content (AvgIpc) is 3.16. The number of nitrogens with one attached hydrogen (secondary N) is 1. The molecule has 134 valence electrons. The van der Waals surface area contributed by atoms with Crippen LogP contribution in [0.25, 0.3) is 0 Å². The number of benzene rings is 1. The van der Waals surface area contributed by atoms with Gasteiger partial charge in [0.15, 0.2) is 5.82 Å². The van der Waals surface area contributed by atoms with Gasteiger partial charge < -0.3 is 10.4 Å². The number of halogens is 2. The van der Waals surface area contributed by atoms with Crippen LogP contribution in [0.3, 0.4) is 0 Å². The summed E-state index contributed by atoms with van der Waals surface area (Å²) in [4.78, 5) is 23.2. The summed E-state index contributed by atoms with van der Waals surface area (Å²) >= 11 is 9.52. The van der Waals surface area contributed by atoms with Gasteiger partial charge in [-0.1, -0.05) is 39.7 Å². The first-order valence-electron chi connectivity index (χ1n) is 7.45. The highest BCUT2D eigenvalue weighted by Crippen LogP contribution is 2.21. The molecule has 0 saturated heterocycles. The summed E-state index contributed by atoms with van der Waals surface area (Å²) in [7, 11) is 0. The lowest BCUT2D eigenvalue weighted by Gasteiger charge is -2.05. The molecule has 8 nitrogen and oxygen atoms in total. The standard InChI is InChI=1S/C16H13BrClN5O3/c17-11-3-1-10(2-4-11)7-22-8-12(18)15(21-22)20-16(26)13-5-6-19-23(13)9-14(24)25/h1-6,8H,7,9H2,(H,24,25)(H,20,21,26). The lowest BCUT2D eigenvalue weighted by molar-refractivity contribution is -0.137. The first-order valence-corrected chi connectivity index (χ1v) is 8.62. The number of carboxylic acids is 1. The predicted molar refractivity (Wildman–Crippen MR) is 98.3 cm³/mol. The molecule has 2 heterocycles. The van der Waals surface area contributed by atoms with E-state index in [4.69, 9.17) is 16.7 Å². The smallest absolute Gasteiger partial charge is 0.325 e. The molecule has 0 atom stereocenters. The topological polar surface area (TPSA) is 102 Å². The Kier molecular flexibility index (Phi) is 5.38. The molecule has 3 rings (SSSR count). The van der Waals surface area contributed by atoms with E-state index in [1.54, 1.807) is 10.9 Å². The highest BCUT2D eigenvalue weighted by atomic mass is 79.9. The van der Waals surface area contributed by atoms with Crippen molar-refractivity contribution >= 4 is 45.2 Å². The van der Waals surface area contributed by atoms with Crippen LogP contribution < -0.4 is 5.32 Å². The minimum atomic E-state index is -1.10. The Balaban J connectivity index is 1.73. The maximum atomic E-state index is 12.4. The second-order valence-electron chi connectivity index (χ2n) is 5.37. The van der Waals surface area contributed by atoms with Gasteiger partial charge in [-0.15, -0.1) is 0 Å². The van der Waals surface area contributed by atoms with Crippen molar-refractivity contribution in [3.63, 3.8) is 0 Å². The zero-order valence-corrected chi connectivity index (χ0v) is 15.6. The van der Waals surface area contributed by atoms with Crippen LogP contribution in [-0.4, -0.2) is 36.5 Å². The molecule has 0 spiro atoms. The fourth-order valence-corrected chi connectivity index (χ4v) is 2.75. The SMILES string of the molecule is O=C(O)Cn1nccc1C(=O)Nc1nn(Cc2ccc(Br)cc2)cc1Cl. The van der Waals surface area contributed by atoms with Gasteiger partial charge in [0.2, 0.25) is 0 Å². The van der Waals surface area contributed by atoms with E-state index in [1.807, 2.05) is 24.3 Å². The molecule has 3 aromatic rings. The zero-order valence-electron chi connectivity index (χ0n) is 13.3. The van der Waals surface area contributed by atoms with Crippen molar-refractivity contribution in [3.05, 3.63) is 63.5 Å². The lowest BCUT2D eigenvalue weighted by atomic mass is 10.2. The third-order valence-electron chi connectivity index (χ3n) is 3.44. The van der Waals surface area contributed by atoms with Crippen LogP contribution in [0.2, 0.25) is 5.02 Å². The van der Waals surface area contributed by atoms with E-state index in [1.165, 1.54) is 12.3 Å². The summed E-state index contributed by atoms with van der Waals surface area (Å²) in [6.07, 6.45) is 2.96. The van der Waals surface area contributed by atoms with Crippen molar-refractivity contribution in [3.8, 4) is 0 Å². The number of amides is 1. The minimum Gasteiger partial charge on any atom is -0.480 e. The number of carboxylic acid groups (broad SMARTS) is 1. The summed E-state index contributed by atoms with van der Waals surface area (Å²) in [5.41, 5.74) is 1.12. The third kappa shape index (κ3) is 4.30. The second kappa shape index (κ2) is 7.71. The molecule has 0 fully saturated rings. The summed E-state index contributed by atoms with van der Waals surface area (Å²) in [6.45, 7) is 0.0707. The quantitative estimate of drug-likeness (QED) is 0.616. The van der Waals surface area contributed by atoms with Gasteiger partial charge in [0, 0.05) is 16.9 Å². The van der Waals surface area contributed by atoms with Crippen LogP contribution in [-0.2, 0) is 17.9 Å². The Hall–Kier alpha value is -2.65. The van der Waals surface area contributed by atoms with Crippen LogP contribution in [0.15, 0.2) is 47.2 Å². The lowest BCUT2D eigenvalue weighted by Crippen LogP contribution is -2.21. The van der Waals surface area contributed by atoms with E-state index in [2.05, 4.69) is 31.4 Å². The number of anilines is 1. The molecule has 0 bridgehead atoms. The molecular weight excluding hydrogens is 426 g/mol. The molecule has 1 aromatic carbocycles. The first kappa shape index (κ1) is 18.2. The molecule has 0 aliphatic rings. The van der Waals surface area contributed by atoms with Gasteiger partial charge in [-0.2, -0.15) is 10.2 Å². The van der Waals surface area contributed by atoms with Crippen molar-refractivity contribution < 1.29 is 14.7 Å². The molecular formula is C16H13BrClN5O3. The molecule has 0 saturated carbocycles. The van der Waals surface area contributed by atoms with Crippen molar-refractivity contribution in [2.24, 2.45) is 0 Å². The summed E-state index contributed by atoms with van der Waals surface area (Å²) in [6, 6.07) is 9.16. The second-order valence-corrected chi connectivity index (χ2v) is 6.69. The number of hydrogen-bond donors (Lipinski definition) is 2. The van der Waals surface area contributed by atoms with Gasteiger partial charge in [0.25, 0.3) is 5.91 Å². The van der Waals surface area contributed by atoms with Gasteiger partial charge in [-0.3, -0.25) is 14.3 Å². The number of aromatic nitrogens is 4. The molecule has 2 aromatic heterocycles. The molecule has 26 heavy (non-hydrogen) atoms. The van der Waals surface area contributed by atoms with E-state index in [0.717, 1.165) is 14.7 Å². The largest absolute Gasteiger partial charge is 0.480 e. The van der Waals surface area contributed by atoms with Crippen molar-refractivity contribution in [1.29, 1.82) is 0 Å². The van der Waals surface area contributed by atoms with Crippen molar-refractivity contribution in [2.75, 3.05) is 5.32 Å².